The van der Waals surface area contributed by atoms with Gasteiger partial charge in [0.1, 0.15) is 0 Å². The van der Waals surface area contributed by atoms with Crippen molar-refractivity contribution >= 4 is 0 Å². The summed E-state index contributed by atoms with van der Waals surface area (Å²) in [4.78, 5) is 2.44. The van der Waals surface area contributed by atoms with Crippen LogP contribution in [-0.4, -0.2) is 31.1 Å². The molecule has 66 valence electrons. The van der Waals surface area contributed by atoms with Crippen LogP contribution in [0.15, 0.2) is 0 Å². The third-order valence-corrected chi connectivity index (χ3v) is 2.40. The Morgan fingerprint density at radius 3 is 2.36 bits per heavy atom. The topological polar surface area (TPSA) is 29.3 Å². The summed E-state index contributed by atoms with van der Waals surface area (Å²) in [6.07, 6.45) is 2.77. The molecule has 0 bridgehead atoms. The first kappa shape index (κ1) is 9.01. The summed E-state index contributed by atoms with van der Waals surface area (Å²) < 4.78 is 0. The molecular formula is C9H20N2. The maximum Gasteiger partial charge on any atom is 0.00936 e. The minimum absolute atomic E-state index is 0.289. The second-order valence-corrected chi connectivity index (χ2v) is 4.51. The van der Waals surface area contributed by atoms with Crippen molar-refractivity contribution in [3.05, 3.63) is 0 Å². The molecule has 0 radical (unpaired) electrons. The molecule has 0 spiro atoms. The molecule has 1 saturated carbocycles. The van der Waals surface area contributed by atoms with Crippen LogP contribution < -0.4 is 5.73 Å². The van der Waals surface area contributed by atoms with Crippen molar-refractivity contribution in [3.63, 3.8) is 0 Å². The van der Waals surface area contributed by atoms with Gasteiger partial charge in [-0.1, -0.05) is 13.8 Å². The van der Waals surface area contributed by atoms with E-state index in [0.29, 0.717) is 0 Å². The van der Waals surface area contributed by atoms with Gasteiger partial charge in [-0.15, -0.1) is 0 Å². The van der Waals surface area contributed by atoms with Crippen molar-refractivity contribution in [1.29, 1.82) is 0 Å². The second kappa shape index (κ2) is 3.11. The van der Waals surface area contributed by atoms with Crippen LogP contribution in [0.5, 0.6) is 0 Å². The van der Waals surface area contributed by atoms with Gasteiger partial charge in [-0.05, 0) is 31.8 Å². The van der Waals surface area contributed by atoms with Gasteiger partial charge in [0.05, 0.1) is 0 Å². The number of hydrogen-bond donors (Lipinski definition) is 1. The van der Waals surface area contributed by atoms with E-state index < -0.39 is 0 Å². The van der Waals surface area contributed by atoms with Gasteiger partial charge in [-0.25, -0.2) is 0 Å². The molecule has 1 rings (SSSR count). The van der Waals surface area contributed by atoms with Crippen molar-refractivity contribution in [2.24, 2.45) is 11.1 Å². The van der Waals surface area contributed by atoms with Crippen molar-refractivity contribution in [1.82, 2.24) is 4.90 Å². The smallest absolute Gasteiger partial charge is 0.00936 e. The highest BCUT2D eigenvalue weighted by atomic mass is 15.2. The summed E-state index contributed by atoms with van der Waals surface area (Å²) in [6, 6.07) is 0.862. The first-order valence-corrected chi connectivity index (χ1v) is 4.45. The summed E-state index contributed by atoms with van der Waals surface area (Å²) in [5.74, 6) is 0. The van der Waals surface area contributed by atoms with E-state index in [-0.39, 0.29) is 5.41 Å². The molecule has 2 nitrogen and oxygen atoms in total. The summed E-state index contributed by atoms with van der Waals surface area (Å²) in [7, 11) is 2.20. The van der Waals surface area contributed by atoms with Crippen LogP contribution in [0.2, 0.25) is 0 Å². The van der Waals surface area contributed by atoms with Gasteiger partial charge in [0.2, 0.25) is 0 Å². The fraction of sp³-hybridized carbons (Fsp3) is 1.00. The van der Waals surface area contributed by atoms with Crippen LogP contribution in [-0.2, 0) is 0 Å². The zero-order chi connectivity index (χ0) is 8.48. The Morgan fingerprint density at radius 2 is 2.00 bits per heavy atom. The molecular weight excluding hydrogens is 136 g/mol. The average molecular weight is 156 g/mol. The van der Waals surface area contributed by atoms with Gasteiger partial charge < -0.3 is 10.6 Å². The Kier molecular flexibility index (Phi) is 2.55. The predicted molar refractivity (Wildman–Crippen MR) is 48.5 cm³/mol. The third-order valence-electron chi connectivity index (χ3n) is 2.40. The lowest BCUT2D eigenvalue weighted by molar-refractivity contribution is 0.209. The van der Waals surface area contributed by atoms with Gasteiger partial charge >= 0.3 is 0 Å². The summed E-state index contributed by atoms with van der Waals surface area (Å²) >= 11 is 0. The van der Waals surface area contributed by atoms with Crippen LogP contribution in [0.25, 0.3) is 0 Å². The Morgan fingerprint density at radius 1 is 1.45 bits per heavy atom. The largest absolute Gasteiger partial charge is 0.330 e. The molecule has 0 amide bonds. The Bertz CT molecular complexity index is 128. The highest BCUT2D eigenvalue weighted by Crippen LogP contribution is 2.28. The Hall–Kier alpha value is -0.0800. The van der Waals surface area contributed by atoms with E-state index in [2.05, 4.69) is 25.8 Å². The van der Waals surface area contributed by atoms with E-state index in [1.807, 2.05) is 0 Å². The fourth-order valence-corrected chi connectivity index (χ4v) is 1.38. The Balaban J connectivity index is 2.27. The first-order chi connectivity index (χ1) is 5.05. The van der Waals surface area contributed by atoms with E-state index in [1.165, 1.54) is 12.8 Å². The van der Waals surface area contributed by atoms with Gasteiger partial charge in [-0.3, -0.25) is 0 Å². The number of nitrogens with two attached hydrogens (primary N) is 1. The van der Waals surface area contributed by atoms with Crippen molar-refractivity contribution in [3.8, 4) is 0 Å². The van der Waals surface area contributed by atoms with Crippen molar-refractivity contribution < 1.29 is 0 Å². The maximum atomic E-state index is 5.65. The molecule has 0 aromatic heterocycles. The number of rotatable bonds is 4. The van der Waals surface area contributed by atoms with Crippen LogP contribution in [0.1, 0.15) is 26.7 Å². The molecule has 0 heterocycles. The number of hydrogen-bond acceptors (Lipinski definition) is 2. The molecule has 1 aliphatic carbocycles. The van der Waals surface area contributed by atoms with Gasteiger partial charge in [-0.2, -0.15) is 0 Å². The normalized spacial score (nSPS) is 19.4. The summed E-state index contributed by atoms with van der Waals surface area (Å²) in [5, 5.41) is 0. The van der Waals surface area contributed by atoms with E-state index in [9.17, 15) is 0 Å². The van der Waals surface area contributed by atoms with Gasteiger partial charge in [0, 0.05) is 12.6 Å². The predicted octanol–water partition coefficient (Wildman–Crippen LogP) is 1.07. The molecule has 0 atom stereocenters. The van der Waals surface area contributed by atoms with E-state index in [1.54, 1.807) is 0 Å². The third kappa shape index (κ3) is 2.80. The Labute approximate surface area is 69.8 Å². The van der Waals surface area contributed by atoms with Crippen LogP contribution in [0.3, 0.4) is 0 Å². The second-order valence-electron chi connectivity index (χ2n) is 4.51. The highest BCUT2D eigenvalue weighted by Gasteiger charge is 2.29. The molecule has 0 aromatic carbocycles. The molecule has 0 unspecified atom stereocenters. The van der Waals surface area contributed by atoms with Gasteiger partial charge in [0.15, 0.2) is 0 Å². The van der Waals surface area contributed by atoms with E-state index >= 15 is 0 Å². The average Bonchev–Trinajstić information content (AvgIpc) is 2.67. The molecule has 1 aliphatic rings. The molecule has 2 N–H and O–H groups in total. The number of nitrogens with zero attached hydrogens (tertiary/aromatic N) is 1. The molecule has 11 heavy (non-hydrogen) atoms. The highest BCUT2D eigenvalue weighted by molar-refractivity contribution is 4.85. The van der Waals surface area contributed by atoms with Gasteiger partial charge in [0.25, 0.3) is 0 Å². The lowest BCUT2D eigenvalue weighted by atomic mass is 9.93. The van der Waals surface area contributed by atoms with Crippen LogP contribution in [0.4, 0.5) is 0 Å². The first-order valence-electron chi connectivity index (χ1n) is 4.45. The molecule has 2 heteroatoms. The maximum absolute atomic E-state index is 5.65. The minimum Gasteiger partial charge on any atom is -0.330 e. The van der Waals surface area contributed by atoms with Crippen molar-refractivity contribution in [2.45, 2.75) is 32.7 Å². The molecule has 1 fully saturated rings. The van der Waals surface area contributed by atoms with E-state index in [0.717, 1.165) is 19.1 Å². The van der Waals surface area contributed by atoms with E-state index in [4.69, 9.17) is 5.73 Å². The summed E-state index contributed by atoms with van der Waals surface area (Å²) in [5.41, 5.74) is 5.94. The molecule has 0 saturated heterocycles. The van der Waals surface area contributed by atoms with Crippen LogP contribution in [0, 0.1) is 5.41 Å². The van der Waals surface area contributed by atoms with Crippen LogP contribution >= 0.6 is 0 Å². The monoisotopic (exact) mass is 156 g/mol. The van der Waals surface area contributed by atoms with Crippen molar-refractivity contribution in [2.75, 3.05) is 20.1 Å². The quantitative estimate of drug-likeness (QED) is 0.659. The summed E-state index contributed by atoms with van der Waals surface area (Å²) in [6.45, 7) is 6.37. The minimum atomic E-state index is 0.289. The fourth-order valence-electron chi connectivity index (χ4n) is 1.38. The molecule has 0 aliphatic heterocycles. The SMILES string of the molecule is CN(CC(C)(C)CN)C1CC1. The lowest BCUT2D eigenvalue weighted by Gasteiger charge is -2.28. The zero-order valence-electron chi connectivity index (χ0n) is 7.93. The zero-order valence-corrected chi connectivity index (χ0v) is 7.93. The molecule has 0 aromatic rings. The lowest BCUT2D eigenvalue weighted by Crippen LogP contribution is -2.37. The standard InChI is InChI=1S/C9H20N2/c1-9(2,6-10)7-11(3)8-4-5-8/h8H,4-7,10H2,1-3H3.